The Morgan fingerprint density at radius 3 is 2.28 bits per heavy atom. The van der Waals surface area contributed by atoms with Crippen LogP contribution in [-0.4, -0.2) is 63.6 Å². The number of nitrogens with zero attached hydrogens (tertiary/aromatic N) is 3. The zero-order valence-corrected chi connectivity index (χ0v) is 26.4. The largest absolute Gasteiger partial charge is 0.445 e. The van der Waals surface area contributed by atoms with Crippen LogP contribution in [0.4, 0.5) is 8.78 Å². The van der Waals surface area contributed by atoms with Crippen LogP contribution in [0.2, 0.25) is 0 Å². The Bertz CT molecular complexity index is 1570. The number of aromatic nitrogens is 2. The van der Waals surface area contributed by atoms with E-state index >= 15 is 0 Å². The van der Waals surface area contributed by atoms with Crippen molar-refractivity contribution in [3.63, 3.8) is 0 Å². The molecule has 4 aromatic rings. The van der Waals surface area contributed by atoms with Crippen LogP contribution in [0.1, 0.15) is 71.1 Å². The summed E-state index contributed by atoms with van der Waals surface area (Å²) in [6.45, 7) is 7.62. The highest BCUT2D eigenvalue weighted by molar-refractivity contribution is 6.01. The summed E-state index contributed by atoms with van der Waals surface area (Å²) in [5, 5.41) is 17.3. The SMILES string of the molecule is CCCN(CCC)C(=O)c1cc(C(=O)N[C@@H](Cc2cc(F)cc(F)c2)[C@H](O)CNCc2ccnc(CC)c2)cc(-c2ncco2)c1. The Labute approximate surface area is 268 Å². The Morgan fingerprint density at radius 1 is 0.913 bits per heavy atom. The second-order valence-electron chi connectivity index (χ2n) is 11.2. The molecule has 0 fully saturated rings. The second-order valence-corrected chi connectivity index (χ2v) is 11.2. The van der Waals surface area contributed by atoms with Gasteiger partial charge in [0.2, 0.25) is 5.89 Å². The monoisotopic (exact) mass is 633 g/mol. The Balaban J connectivity index is 1.60. The van der Waals surface area contributed by atoms with Crippen LogP contribution in [0.15, 0.2) is 71.6 Å². The third kappa shape index (κ3) is 9.51. The molecule has 46 heavy (non-hydrogen) atoms. The number of aryl methyl sites for hydroxylation is 1. The molecule has 0 bridgehead atoms. The molecule has 0 saturated carbocycles. The fraction of sp³-hybridized carbons (Fsp3) is 0.371. The smallest absolute Gasteiger partial charge is 0.253 e. The van der Waals surface area contributed by atoms with Crippen LogP contribution in [0.3, 0.4) is 0 Å². The van der Waals surface area contributed by atoms with E-state index in [2.05, 4.69) is 20.6 Å². The summed E-state index contributed by atoms with van der Waals surface area (Å²) in [4.78, 5) is 37.6. The average molecular weight is 634 g/mol. The van der Waals surface area contributed by atoms with Crippen molar-refractivity contribution < 1.29 is 27.9 Å². The summed E-state index contributed by atoms with van der Waals surface area (Å²) in [6.07, 6.45) is 5.74. The minimum atomic E-state index is -1.14. The average Bonchev–Trinajstić information content (AvgIpc) is 3.59. The minimum Gasteiger partial charge on any atom is -0.445 e. The predicted octanol–water partition coefficient (Wildman–Crippen LogP) is 5.33. The highest BCUT2D eigenvalue weighted by Gasteiger charge is 2.25. The lowest BCUT2D eigenvalue weighted by molar-refractivity contribution is 0.0755. The molecule has 0 aliphatic carbocycles. The molecule has 3 N–H and O–H groups in total. The molecule has 2 aromatic heterocycles. The Hall–Kier alpha value is -4.48. The summed E-state index contributed by atoms with van der Waals surface area (Å²) in [6, 6.07) is 10.7. The van der Waals surface area contributed by atoms with Crippen molar-refractivity contribution in [2.24, 2.45) is 0 Å². The van der Waals surface area contributed by atoms with Crippen LogP contribution in [0, 0.1) is 11.6 Å². The number of amides is 2. The number of oxazole rings is 1. The maximum absolute atomic E-state index is 14.1. The molecule has 2 heterocycles. The molecule has 9 nitrogen and oxygen atoms in total. The van der Waals surface area contributed by atoms with Gasteiger partial charge in [0, 0.05) is 60.8 Å². The molecule has 244 valence electrons. The van der Waals surface area contributed by atoms with Gasteiger partial charge in [-0.1, -0.05) is 20.8 Å². The summed E-state index contributed by atoms with van der Waals surface area (Å²) >= 11 is 0. The molecule has 2 amide bonds. The van der Waals surface area contributed by atoms with E-state index in [1.54, 1.807) is 23.2 Å². The van der Waals surface area contributed by atoms with E-state index in [-0.39, 0.29) is 41.5 Å². The van der Waals surface area contributed by atoms with E-state index in [9.17, 15) is 23.5 Å². The standard InChI is InChI=1S/C35H41F2N5O4/c1-4-10-42(11-5-2)35(45)27-18-25(17-26(19-27)34-40-9-12-46-34)33(44)41-31(16-24-13-28(36)20-29(37)14-24)32(43)22-38-21-23-7-8-39-30(6-3)15-23/h7-9,12-15,17-20,31-32,38,43H,4-6,10-11,16,21-22H2,1-3H3,(H,41,44)/t31-,32+/m0/s1. The van der Waals surface area contributed by atoms with Crippen LogP contribution in [0.5, 0.6) is 0 Å². The molecule has 2 atom stereocenters. The van der Waals surface area contributed by atoms with Crippen LogP contribution < -0.4 is 10.6 Å². The first kappa shape index (κ1) is 34.4. The molecule has 4 rings (SSSR count). The number of aliphatic hydroxyl groups excluding tert-OH is 1. The van der Waals surface area contributed by atoms with Gasteiger partial charge in [-0.25, -0.2) is 13.8 Å². The second kappa shape index (κ2) is 16.7. The first-order chi connectivity index (χ1) is 22.2. The van der Waals surface area contributed by atoms with Crippen LogP contribution in [0.25, 0.3) is 11.5 Å². The van der Waals surface area contributed by atoms with E-state index in [1.807, 2.05) is 32.9 Å². The lowest BCUT2D eigenvalue weighted by Crippen LogP contribution is -2.48. The van der Waals surface area contributed by atoms with Gasteiger partial charge in [0.15, 0.2) is 0 Å². The van der Waals surface area contributed by atoms with Crippen molar-refractivity contribution in [3.05, 3.63) is 107 Å². The highest BCUT2D eigenvalue weighted by Crippen LogP contribution is 2.23. The fourth-order valence-corrected chi connectivity index (χ4v) is 5.26. The predicted molar refractivity (Wildman–Crippen MR) is 171 cm³/mol. The number of hydrogen-bond acceptors (Lipinski definition) is 7. The Kier molecular flexibility index (Phi) is 12.5. The lowest BCUT2D eigenvalue weighted by Gasteiger charge is -2.25. The third-order valence-corrected chi connectivity index (χ3v) is 7.48. The van der Waals surface area contributed by atoms with Crippen molar-refractivity contribution in [3.8, 4) is 11.5 Å². The van der Waals surface area contributed by atoms with Crippen molar-refractivity contribution in [2.45, 2.75) is 65.1 Å². The molecular formula is C35H41F2N5O4. The van der Waals surface area contributed by atoms with E-state index in [0.29, 0.717) is 25.2 Å². The van der Waals surface area contributed by atoms with Gasteiger partial charge in [0.1, 0.15) is 17.9 Å². The summed E-state index contributed by atoms with van der Waals surface area (Å²) in [5.41, 5.74) is 3.05. The number of halogens is 2. The summed E-state index contributed by atoms with van der Waals surface area (Å²) in [7, 11) is 0. The van der Waals surface area contributed by atoms with E-state index < -0.39 is 29.7 Å². The van der Waals surface area contributed by atoms with Gasteiger partial charge in [0.25, 0.3) is 11.8 Å². The Morgan fingerprint density at radius 2 is 1.63 bits per heavy atom. The minimum absolute atomic E-state index is 0.0511. The molecular weight excluding hydrogens is 592 g/mol. The lowest BCUT2D eigenvalue weighted by atomic mass is 9.99. The number of carbonyl (C=O) groups excluding carboxylic acids is 2. The molecule has 0 saturated heterocycles. The number of hydrogen-bond donors (Lipinski definition) is 3. The van der Waals surface area contributed by atoms with Gasteiger partial charge in [-0.05, 0) is 79.3 Å². The fourth-order valence-electron chi connectivity index (χ4n) is 5.26. The topological polar surface area (TPSA) is 121 Å². The first-order valence-corrected chi connectivity index (χ1v) is 15.6. The van der Waals surface area contributed by atoms with Gasteiger partial charge < -0.3 is 25.1 Å². The van der Waals surface area contributed by atoms with Gasteiger partial charge >= 0.3 is 0 Å². The summed E-state index contributed by atoms with van der Waals surface area (Å²) in [5.74, 6) is -2.10. The van der Waals surface area contributed by atoms with Crippen molar-refractivity contribution in [2.75, 3.05) is 19.6 Å². The maximum Gasteiger partial charge on any atom is 0.253 e. The van der Waals surface area contributed by atoms with Gasteiger partial charge in [-0.15, -0.1) is 0 Å². The third-order valence-electron chi connectivity index (χ3n) is 7.48. The molecule has 2 aromatic carbocycles. The molecule has 0 aliphatic heterocycles. The molecule has 0 radical (unpaired) electrons. The van der Waals surface area contributed by atoms with Crippen LogP contribution >= 0.6 is 0 Å². The number of carbonyl (C=O) groups is 2. The zero-order valence-electron chi connectivity index (χ0n) is 26.4. The zero-order chi connectivity index (χ0) is 33.1. The van der Waals surface area contributed by atoms with E-state index in [1.165, 1.54) is 30.7 Å². The van der Waals surface area contributed by atoms with Crippen molar-refractivity contribution in [1.29, 1.82) is 0 Å². The normalized spacial score (nSPS) is 12.5. The maximum atomic E-state index is 14.1. The van der Waals surface area contributed by atoms with Crippen molar-refractivity contribution >= 4 is 11.8 Å². The number of aliphatic hydroxyl groups is 1. The van der Waals surface area contributed by atoms with Gasteiger partial charge in [0.05, 0.1) is 18.3 Å². The van der Waals surface area contributed by atoms with Crippen LogP contribution in [-0.2, 0) is 19.4 Å². The number of pyridine rings is 1. The molecule has 0 aliphatic rings. The highest BCUT2D eigenvalue weighted by atomic mass is 19.1. The molecule has 0 unspecified atom stereocenters. The van der Waals surface area contributed by atoms with Crippen molar-refractivity contribution in [1.82, 2.24) is 25.5 Å². The molecule has 0 spiro atoms. The van der Waals surface area contributed by atoms with E-state index in [4.69, 9.17) is 4.42 Å². The molecule has 11 heteroatoms. The summed E-state index contributed by atoms with van der Waals surface area (Å²) < 4.78 is 33.6. The van der Waals surface area contributed by atoms with Gasteiger partial charge in [-0.3, -0.25) is 14.6 Å². The number of nitrogens with one attached hydrogen (secondary N) is 2. The van der Waals surface area contributed by atoms with Gasteiger partial charge in [-0.2, -0.15) is 0 Å². The first-order valence-electron chi connectivity index (χ1n) is 15.6. The quantitative estimate of drug-likeness (QED) is 0.153. The number of benzene rings is 2. The number of rotatable bonds is 16. The van der Waals surface area contributed by atoms with E-state index in [0.717, 1.165) is 36.6 Å².